The van der Waals surface area contributed by atoms with Crippen LogP contribution in [0.2, 0.25) is 0 Å². The van der Waals surface area contributed by atoms with Gasteiger partial charge < -0.3 is 4.74 Å². The number of benzene rings is 1. The molecule has 3 nitrogen and oxygen atoms in total. The SMILES string of the molecule is COC(=O)/C(C)=C/C1N=C1c1ccccc1. The summed E-state index contributed by atoms with van der Waals surface area (Å²) in [6, 6.07) is 9.99. The van der Waals surface area contributed by atoms with Crippen molar-refractivity contribution < 1.29 is 9.53 Å². The molecule has 0 aromatic heterocycles. The maximum absolute atomic E-state index is 11.2. The molecule has 0 aliphatic carbocycles. The van der Waals surface area contributed by atoms with Gasteiger partial charge in [-0.15, -0.1) is 0 Å². The van der Waals surface area contributed by atoms with Crippen molar-refractivity contribution in [2.24, 2.45) is 4.99 Å². The third-order valence-corrected chi connectivity index (χ3v) is 2.48. The molecule has 0 spiro atoms. The van der Waals surface area contributed by atoms with Crippen LogP contribution < -0.4 is 0 Å². The number of hydrogen-bond acceptors (Lipinski definition) is 3. The van der Waals surface area contributed by atoms with Gasteiger partial charge in [-0.25, -0.2) is 4.79 Å². The lowest BCUT2D eigenvalue weighted by Crippen LogP contribution is -2.04. The number of methoxy groups -OCH3 is 1. The fourth-order valence-electron chi connectivity index (χ4n) is 1.55. The molecule has 16 heavy (non-hydrogen) atoms. The highest BCUT2D eigenvalue weighted by molar-refractivity contribution is 6.15. The van der Waals surface area contributed by atoms with Crippen LogP contribution in [0.4, 0.5) is 0 Å². The average molecular weight is 215 g/mol. The zero-order valence-corrected chi connectivity index (χ0v) is 9.31. The molecule has 3 heteroatoms. The van der Waals surface area contributed by atoms with E-state index in [0.29, 0.717) is 5.57 Å². The second-order valence-electron chi connectivity index (χ2n) is 3.67. The molecule has 0 N–H and O–H groups in total. The summed E-state index contributed by atoms with van der Waals surface area (Å²) in [7, 11) is 1.38. The van der Waals surface area contributed by atoms with Crippen molar-refractivity contribution in [1.82, 2.24) is 0 Å². The summed E-state index contributed by atoms with van der Waals surface area (Å²) >= 11 is 0. The molecule has 1 atom stereocenters. The molecule has 0 saturated carbocycles. The van der Waals surface area contributed by atoms with E-state index in [9.17, 15) is 4.79 Å². The van der Waals surface area contributed by atoms with E-state index >= 15 is 0 Å². The van der Waals surface area contributed by atoms with Crippen LogP contribution in [0.25, 0.3) is 0 Å². The lowest BCUT2D eigenvalue weighted by atomic mass is 10.1. The van der Waals surface area contributed by atoms with E-state index in [-0.39, 0.29) is 12.0 Å². The van der Waals surface area contributed by atoms with Crippen LogP contribution in [-0.2, 0) is 9.53 Å². The van der Waals surface area contributed by atoms with Crippen LogP contribution in [0, 0.1) is 0 Å². The van der Waals surface area contributed by atoms with Gasteiger partial charge in [-0.05, 0) is 18.6 Å². The Balaban J connectivity index is 2.02. The van der Waals surface area contributed by atoms with Crippen LogP contribution in [0.3, 0.4) is 0 Å². The van der Waals surface area contributed by atoms with Gasteiger partial charge in [0.1, 0.15) is 6.04 Å². The van der Waals surface area contributed by atoms with Crippen molar-refractivity contribution in [2.45, 2.75) is 13.0 Å². The molecular weight excluding hydrogens is 202 g/mol. The summed E-state index contributed by atoms with van der Waals surface area (Å²) in [6.45, 7) is 1.74. The van der Waals surface area contributed by atoms with Crippen molar-refractivity contribution in [3.63, 3.8) is 0 Å². The van der Waals surface area contributed by atoms with E-state index in [1.54, 1.807) is 6.92 Å². The minimum absolute atomic E-state index is 0.0431. The predicted molar refractivity (Wildman–Crippen MR) is 62.5 cm³/mol. The molecule has 2 rings (SSSR count). The number of carbonyl (C=O) groups is 1. The van der Waals surface area contributed by atoms with E-state index in [4.69, 9.17) is 0 Å². The quantitative estimate of drug-likeness (QED) is 0.571. The molecule has 82 valence electrons. The van der Waals surface area contributed by atoms with Gasteiger partial charge in [0.05, 0.1) is 12.8 Å². The Bertz CT molecular complexity index is 460. The molecule has 1 aliphatic rings. The second-order valence-corrected chi connectivity index (χ2v) is 3.67. The van der Waals surface area contributed by atoms with Gasteiger partial charge in [-0.1, -0.05) is 30.3 Å². The van der Waals surface area contributed by atoms with Crippen molar-refractivity contribution in [3.8, 4) is 0 Å². The van der Waals surface area contributed by atoms with Crippen LogP contribution in [0.15, 0.2) is 47.0 Å². The highest BCUT2D eigenvalue weighted by Gasteiger charge is 2.27. The van der Waals surface area contributed by atoms with E-state index in [1.165, 1.54) is 7.11 Å². The summed E-state index contributed by atoms with van der Waals surface area (Å²) in [5.41, 5.74) is 2.74. The summed E-state index contributed by atoms with van der Waals surface area (Å²) in [6.07, 6.45) is 1.83. The number of carbonyl (C=O) groups excluding carboxylic acids is 1. The third-order valence-electron chi connectivity index (χ3n) is 2.48. The van der Waals surface area contributed by atoms with Gasteiger partial charge in [0.15, 0.2) is 0 Å². The van der Waals surface area contributed by atoms with E-state index in [1.807, 2.05) is 36.4 Å². The second kappa shape index (κ2) is 4.31. The molecule has 1 aliphatic heterocycles. The standard InChI is InChI=1S/C13H13NO2/c1-9(13(15)16-2)8-11-12(14-11)10-6-4-3-5-7-10/h3-8,11H,1-2H3/b9-8+. The zero-order valence-electron chi connectivity index (χ0n) is 9.31. The first-order chi connectivity index (χ1) is 7.72. The normalized spacial score (nSPS) is 19.0. The highest BCUT2D eigenvalue weighted by atomic mass is 16.5. The Morgan fingerprint density at radius 1 is 1.38 bits per heavy atom. The number of nitrogens with zero attached hydrogens (tertiary/aromatic N) is 1. The predicted octanol–water partition coefficient (Wildman–Crippen LogP) is 1.98. The Morgan fingerprint density at radius 2 is 2.06 bits per heavy atom. The molecule has 1 aromatic rings. The Kier molecular flexibility index (Phi) is 2.86. The van der Waals surface area contributed by atoms with Crippen LogP contribution in [-0.4, -0.2) is 24.8 Å². The first-order valence-electron chi connectivity index (χ1n) is 5.12. The van der Waals surface area contributed by atoms with Crippen molar-refractivity contribution in [2.75, 3.05) is 7.11 Å². The summed E-state index contributed by atoms with van der Waals surface area (Å²) in [5, 5.41) is 0. The maximum atomic E-state index is 11.2. The fourth-order valence-corrected chi connectivity index (χ4v) is 1.55. The minimum atomic E-state index is -0.297. The van der Waals surface area contributed by atoms with E-state index < -0.39 is 0 Å². The van der Waals surface area contributed by atoms with Crippen molar-refractivity contribution in [3.05, 3.63) is 47.5 Å². The lowest BCUT2D eigenvalue weighted by Gasteiger charge is -1.97. The molecular formula is C13H13NO2. The van der Waals surface area contributed by atoms with Gasteiger partial charge in [-0.3, -0.25) is 4.99 Å². The fraction of sp³-hybridized carbons (Fsp3) is 0.231. The highest BCUT2D eigenvalue weighted by Crippen LogP contribution is 2.22. The van der Waals surface area contributed by atoms with E-state index in [2.05, 4.69) is 9.73 Å². The van der Waals surface area contributed by atoms with Gasteiger partial charge in [0, 0.05) is 5.57 Å². The minimum Gasteiger partial charge on any atom is -0.466 e. The first kappa shape index (κ1) is 10.6. The number of ether oxygens (including phenoxy) is 1. The summed E-state index contributed by atoms with van der Waals surface area (Å²) < 4.78 is 4.62. The Labute approximate surface area is 94.5 Å². The average Bonchev–Trinajstić information content (AvgIpc) is 3.08. The van der Waals surface area contributed by atoms with Gasteiger partial charge in [0.2, 0.25) is 0 Å². The van der Waals surface area contributed by atoms with Crippen LogP contribution in [0.1, 0.15) is 12.5 Å². The molecule has 0 saturated heterocycles. The number of esters is 1. The Hall–Kier alpha value is -1.90. The first-order valence-corrected chi connectivity index (χ1v) is 5.12. The molecule has 0 amide bonds. The molecule has 1 unspecified atom stereocenters. The molecule has 0 radical (unpaired) electrons. The zero-order chi connectivity index (χ0) is 11.5. The molecule has 1 heterocycles. The smallest absolute Gasteiger partial charge is 0.333 e. The monoisotopic (exact) mass is 215 g/mol. The third kappa shape index (κ3) is 2.19. The largest absolute Gasteiger partial charge is 0.466 e. The maximum Gasteiger partial charge on any atom is 0.333 e. The van der Waals surface area contributed by atoms with Crippen LogP contribution >= 0.6 is 0 Å². The van der Waals surface area contributed by atoms with E-state index in [0.717, 1.165) is 11.3 Å². The summed E-state index contributed by atoms with van der Waals surface area (Å²) in [4.78, 5) is 15.5. The molecule has 0 bridgehead atoms. The number of rotatable bonds is 3. The van der Waals surface area contributed by atoms with Gasteiger partial charge in [0.25, 0.3) is 0 Å². The molecule has 0 fully saturated rings. The molecule has 1 aromatic carbocycles. The topological polar surface area (TPSA) is 38.7 Å². The number of hydrogen-bond donors (Lipinski definition) is 0. The van der Waals surface area contributed by atoms with Crippen molar-refractivity contribution in [1.29, 1.82) is 0 Å². The summed E-state index contributed by atoms with van der Waals surface area (Å²) in [5.74, 6) is -0.297. The van der Waals surface area contributed by atoms with Gasteiger partial charge >= 0.3 is 5.97 Å². The Morgan fingerprint density at radius 3 is 2.69 bits per heavy atom. The van der Waals surface area contributed by atoms with Gasteiger partial charge in [-0.2, -0.15) is 0 Å². The number of aliphatic imine (C=N–C) groups is 1. The van der Waals surface area contributed by atoms with Crippen molar-refractivity contribution >= 4 is 11.7 Å². The van der Waals surface area contributed by atoms with Crippen LogP contribution in [0.5, 0.6) is 0 Å². The lowest BCUT2D eigenvalue weighted by molar-refractivity contribution is -0.136.